The maximum absolute atomic E-state index is 13.0. The molecular weight excluding hydrogens is 358 g/mol. The molecular formula is C22H25NO5. The van der Waals surface area contributed by atoms with Crippen LogP contribution in [0.5, 0.6) is 0 Å². The third-order valence-corrected chi connectivity index (χ3v) is 5.26. The largest absolute Gasteiger partial charge is 0.465 e. The summed E-state index contributed by atoms with van der Waals surface area (Å²) in [5.41, 5.74) is 6.26. The first-order chi connectivity index (χ1) is 13.1. The van der Waals surface area contributed by atoms with E-state index in [1.807, 2.05) is 34.6 Å². The summed E-state index contributed by atoms with van der Waals surface area (Å²) in [6, 6.07) is 4.30. The van der Waals surface area contributed by atoms with E-state index in [4.69, 9.17) is 9.47 Å². The Morgan fingerprint density at radius 3 is 1.46 bits per heavy atom. The average molecular weight is 383 g/mol. The molecule has 28 heavy (non-hydrogen) atoms. The Morgan fingerprint density at radius 2 is 1.07 bits per heavy atom. The molecule has 2 rings (SSSR count). The molecule has 0 aliphatic heterocycles. The van der Waals surface area contributed by atoms with Gasteiger partial charge in [-0.15, -0.1) is 0 Å². The number of rotatable bonds is 4. The van der Waals surface area contributed by atoms with Crippen LogP contribution in [-0.4, -0.2) is 32.1 Å². The van der Waals surface area contributed by atoms with Crippen LogP contribution in [0.4, 0.5) is 5.69 Å². The molecule has 0 heterocycles. The molecule has 0 saturated heterocycles. The van der Waals surface area contributed by atoms with Crippen molar-refractivity contribution in [1.29, 1.82) is 0 Å². The molecule has 1 N–H and O–H groups in total. The van der Waals surface area contributed by atoms with Crippen LogP contribution in [0.25, 0.3) is 0 Å². The second-order valence-electron chi connectivity index (χ2n) is 6.74. The van der Waals surface area contributed by atoms with Crippen LogP contribution in [0.15, 0.2) is 18.2 Å². The number of benzene rings is 2. The Kier molecular flexibility index (Phi) is 6.23. The lowest BCUT2D eigenvalue weighted by Gasteiger charge is -2.18. The first-order valence-electron chi connectivity index (χ1n) is 8.82. The zero-order valence-corrected chi connectivity index (χ0v) is 17.3. The Morgan fingerprint density at radius 1 is 0.679 bits per heavy atom. The van der Waals surface area contributed by atoms with Gasteiger partial charge in [-0.05, 0) is 80.6 Å². The van der Waals surface area contributed by atoms with Crippen molar-refractivity contribution in [3.05, 3.63) is 62.7 Å². The highest BCUT2D eigenvalue weighted by atomic mass is 16.5. The summed E-state index contributed by atoms with van der Waals surface area (Å²) < 4.78 is 9.46. The molecule has 2 aromatic carbocycles. The summed E-state index contributed by atoms with van der Waals surface area (Å²) in [7, 11) is 2.49. The number of methoxy groups -OCH3 is 2. The maximum Gasteiger partial charge on any atom is 0.337 e. The topological polar surface area (TPSA) is 81.7 Å². The lowest BCUT2D eigenvalue weighted by atomic mass is 9.89. The second-order valence-corrected chi connectivity index (χ2v) is 6.74. The Bertz CT molecular complexity index is 912. The van der Waals surface area contributed by atoms with E-state index >= 15 is 0 Å². The quantitative estimate of drug-likeness (QED) is 0.806. The summed E-state index contributed by atoms with van der Waals surface area (Å²) in [5, 5.41) is 2.80. The fourth-order valence-corrected chi connectivity index (χ4v) is 3.21. The van der Waals surface area contributed by atoms with Crippen LogP contribution < -0.4 is 5.32 Å². The normalized spacial score (nSPS) is 10.4. The number of amides is 1. The number of nitrogens with one attached hydrogen (secondary N) is 1. The monoisotopic (exact) mass is 383 g/mol. The summed E-state index contributed by atoms with van der Waals surface area (Å²) >= 11 is 0. The lowest BCUT2D eigenvalue weighted by Crippen LogP contribution is -2.18. The van der Waals surface area contributed by atoms with Gasteiger partial charge in [0.05, 0.1) is 25.3 Å². The third-order valence-electron chi connectivity index (χ3n) is 5.26. The van der Waals surface area contributed by atoms with Crippen LogP contribution in [0, 0.1) is 34.6 Å². The zero-order chi connectivity index (χ0) is 21.2. The molecule has 0 spiro atoms. The molecule has 0 radical (unpaired) electrons. The molecule has 0 atom stereocenters. The van der Waals surface area contributed by atoms with Crippen molar-refractivity contribution in [3.63, 3.8) is 0 Å². The molecule has 0 aromatic heterocycles. The van der Waals surface area contributed by atoms with E-state index in [0.717, 1.165) is 27.8 Å². The van der Waals surface area contributed by atoms with Crippen LogP contribution in [-0.2, 0) is 9.47 Å². The van der Waals surface area contributed by atoms with Crippen LogP contribution in [0.3, 0.4) is 0 Å². The van der Waals surface area contributed by atoms with Crippen molar-refractivity contribution in [2.75, 3.05) is 19.5 Å². The summed E-state index contributed by atoms with van der Waals surface area (Å²) in [5.74, 6) is -1.54. The molecule has 6 nitrogen and oxygen atoms in total. The molecule has 2 aromatic rings. The molecule has 0 bridgehead atoms. The summed E-state index contributed by atoms with van der Waals surface area (Å²) in [4.78, 5) is 36.9. The fourth-order valence-electron chi connectivity index (χ4n) is 3.21. The molecule has 6 heteroatoms. The van der Waals surface area contributed by atoms with E-state index < -0.39 is 11.9 Å². The van der Waals surface area contributed by atoms with Gasteiger partial charge in [0, 0.05) is 11.3 Å². The van der Waals surface area contributed by atoms with Gasteiger partial charge in [0.15, 0.2) is 0 Å². The predicted octanol–water partition coefficient (Wildman–Crippen LogP) is 4.05. The van der Waals surface area contributed by atoms with Crippen molar-refractivity contribution >= 4 is 23.5 Å². The second kappa shape index (κ2) is 8.25. The van der Waals surface area contributed by atoms with Gasteiger partial charge in [-0.1, -0.05) is 0 Å². The van der Waals surface area contributed by atoms with E-state index in [9.17, 15) is 14.4 Å². The summed E-state index contributed by atoms with van der Waals surface area (Å²) in [6.07, 6.45) is 0. The van der Waals surface area contributed by atoms with E-state index in [2.05, 4.69) is 5.32 Å². The van der Waals surface area contributed by atoms with Crippen LogP contribution >= 0.6 is 0 Å². The average Bonchev–Trinajstić information content (AvgIpc) is 2.69. The number of anilines is 1. The van der Waals surface area contributed by atoms with Crippen molar-refractivity contribution in [3.8, 4) is 0 Å². The highest BCUT2D eigenvalue weighted by Gasteiger charge is 2.20. The van der Waals surface area contributed by atoms with Gasteiger partial charge >= 0.3 is 11.9 Å². The van der Waals surface area contributed by atoms with Crippen molar-refractivity contribution in [2.45, 2.75) is 34.6 Å². The SMILES string of the molecule is COC(=O)c1cc(NC(=O)c2c(C)c(C)c(C)c(C)c2C)cc(C(=O)OC)c1. The maximum atomic E-state index is 13.0. The summed E-state index contributed by atoms with van der Waals surface area (Å²) in [6.45, 7) is 9.83. The van der Waals surface area contributed by atoms with Gasteiger partial charge in [0.1, 0.15) is 0 Å². The number of ether oxygens (including phenoxy) is 2. The first kappa shape index (κ1) is 21.2. The van der Waals surface area contributed by atoms with Gasteiger partial charge in [-0.3, -0.25) is 4.79 Å². The predicted molar refractivity (Wildman–Crippen MR) is 107 cm³/mol. The van der Waals surface area contributed by atoms with Crippen molar-refractivity contribution in [2.24, 2.45) is 0 Å². The standard InChI is InChI=1S/C22H25NO5/c1-11-12(2)14(4)19(15(5)13(11)3)20(24)23-18-9-16(21(25)27-6)8-17(10-18)22(26)28-7/h8-10H,1-7H3,(H,23,24). The van der Waals surface area contributed by atoms with Crippen LogP contribution in [0.1, 0.15) is 58.9 Å². The molecule has 0 unspecified atom stereocenters. The Balaban J connectivity index is 2.52. The number of hydrogen-bond acceptors (Lipinski definition) is 5. The van der Waals surface area contributed by atoms with Crippen molar-refractivity contribution in [1.82, 2.24) is 0 Å². The minimum Gasteiger partial charge on any atom is -0.465 e. The molecule has 0 aliphatic carbocycles. The van der Waals surface area contributed by atoms with E-state index in [-0.39, 0.29) is 17.0 Å². The molecule has 0 fully saturated rings. The van der Waals surface area contributed by atoms with Gasteiger partial charge in [-0.2, -0.15) is 0 Å². The highest BCUT2D eigenvalue weighted by molar-refractivity contribution is 6.08. The van der Waals surface area contributed by atoms with Crippen molar-refractivity contribution < 1.29 is 23.9 Å². The van der Waals surface area contributed by atoms with E-state index in [1.54, 1.807) is 0 Å². The zero-order valence-electron chi connectivity index (χ0n) is 17.3. The van der Waals surface area contributed by atoms with Crippen LogP contribution in [0.2, 0.25) is 0 Å². The Hall–Kier alpha value is -3.15. The van der Waals surface area contributed by atoms with Gasteiger partial charge in [0.2, 0.25) is 0 Å². The van der Waals surface area contributed by atoms with Gasteiger partial charge in [-0.25, -0.2) is 9.59 Å². The van der Waals surface area contributed by atoms with E-state index in [1.165, 1.54) is 32.4 Å². The number of hydrogen-bond donors (Lipinski definition) is 1. The molecule has 0 aliphatic rings. The fraction of sp³-hybridized carbons (Fsp3) is 0.318. The van der Waals surface area contributed by atoms with Gasteiger partial charge in [0.25, 0.3) is 5.91 Å². The third kappa shape index (κ3) is 3.91. The first-order valence-corrected chi connectivity index (χ1v) is 8.82. The molecule has 1 amide bonds. The Labute approximate surface area is 164 Å². The van der Waals surface area contributed by atoms with Gasteiger partial charge < -0.3 is 14.8 Å². The lowest BCUT2D eigenvalue weighted by molar-refractivity contribution is 0.0599. The highest BCUT2D eigenvalue weighted by Crippen LogP contribution is 2.27. The minimum atomic E-state index is -0.615. The molecule has 0 saturated carbocycles. The smallest absolute Gasteiger partial charge is 0.337 e. The minimum absolute atomic E-state index is 0.144. The molecule has 148 valence electrons. The number of carbonyl (C=O) groups excluding carboxylic acids is 3. The van der Waals surface area contributed by atoms with E-state index in [0.29, 0.717) is 11.3 Å². The number of carbonyl (C=O) groups is 3. The number of esters is 2.